The van der Waals surface area contributed by atoms with Crippen LogP contribution in [0.4, 0.5) is 4.79 Å². The van der Waals surface area contributed by atoms with Crippen molar-refractivity contribution in [2.45, 2.75) is 58.2 Å². The number of ether oxygens (including phenoxy) is 2. The summed E-state index contributed by atoms with van der Waals surface area (Å²) in [6.07, 6.45) is 4.98. The molecule has 1 unspecified atom stereocenters. The van der Waals surface area contributed by atoms with Crippen LogP contribution in [0.3, 0.4) is 0 Å². The van der Waals surface area contributed by atoms with E-state index in [1.54, 1.807) is 0 Å². The molecule has 0 N–H and O–H groups in total. The number of carbonyl (C=O) groups excluding carboxylic acids is 1. The van der Waals surface area contributed by atoms with Crippen LogP contribution in [-0.4, -0.2) is 42.4 Å². The highest BCUT2D eigenvalue weighted by atomic mass is 16.6. The van der Waals surface area contributed by atoms with E-state index in [1.165, 1.54) is 12.8 Å². The highest BCUT2D eigenvalue weighted by Crippen LogP contribution is 2.26. The summed E-state index contributed by atoms with van der Waals surface area (Å²) in [5, 5.41) is 0. The SMILES string of the molecule is CC(C)(C)OC(=O)N1CCCC(CC[C@@H]2CO2)C1. The molecule has 4 nitrogen and oxygen atoms in total. The molecule has 0 aromatic heterocycles. The summed E-state index contributed by atoms with van der Waals surface area (Å²) in [6, 6.07) is 0. The molecular weight excluding hydrogens is 230 g/mol. The van der Waals surface area contributed by atoms with Gasteiger partial charge in [0.2, 0.25) is 0 Å². The van der Waals surface area contributed by atoms with Gasteiger partial charge in [-0.1, -0.05) is 0 Å². The first-order valence-corrected chi connectivity index (χ1v) is 7.03. The van der Waals surface area contributed by atoms with Crippen molar-refractivity contribution < 1.29 is 14.3 Å². The van der Waals surface area contributed by atoms with Gasteiger partial charge in [0, 0.05) is 13.1 Å². The maximum Gasteiger partial charge on any atom is 0.410 e. The molecule has 4 heteroatoms. The van der Waals surface area contributed by atoms with Crippen LogP contribution in [0.15, 0.2) is 0 Å². The molecule has 0 aromatic rings. The summed E-state index contributed by atoms with van der Waals surface area (Å²) in [5.74, 6) is 0.621. The van der Waals surface area contributed by atoms with Crippen molar-refractivity contribution in [1.29, 1.82) is 0 Å². The zero-order valence-electron chi connectivity index (χ0n) is 11.8. The van der Waals surface area contributed by atoms with E-state index in [4.69, 9.17) is 9.47 Å². The first-order chi connectivity index (χ1) is 8.44. The van der Waals surface area contributed by atoms with Crippen LogP contribution in [0.25, 0.3) is 0 Å². The molecule has 2 atom stereocenters. The molecule has 2 fully saturated rings. The van der Waals surface area contributed by atoms with E-state index in [-0.39, 0.29) is 6.09 Å². The molecule has 2 aliphatic rings. The van der Waals surface area contributed by atoms with Crippen LogP contribution >= 0.6 is 0 Å². The highest BCUT2D eigenvalue weighted by molar-refractivity contribution is 5.68. The van der Waals surface area contributed by atoms with Gasteiger partial charge in [0.25, 0.3) is 0 Å². The predicted molar refractivity (Wildman–Crippen MR) is 69.5 cm³/mol. The van der Waals surface area contributed by atoms with Gasteiger partial charge in [-0.25, -0.2) is 4.79 Å². The minimum Gasteiger partial charge on any atom is -0.444 e. The highest BCUT2D eigenvalue weighted by Gasteiger charge is 2.29. The Kier molecular flexibility index (Phi) is 4.15. The lowest BCUT2D eigenvalue weighted by Crippen LogP contribution is -2.42. The predicted octanol–water partition coefficient (Wildman–Crippen LogP) is 2.81. The monoisotopic (exact) mass is 255 g/mol. The van der Waals surface area contributed by atoms with Crippen molar-refractivity contribution in [3.63, 3.8) is 0 Å². The summed E-state index contributed by atoms with van der Waals surface area (Å²) < 4.78 is 10.7. The Balaban J connectivity index is 1.76. The molecule has 0 bridgehead atoms. The van der Waals surface area contributed by atoms with E-state index < -0.39 is 5.60 Å². The number of epoxide rings is 1. The Labute approximate surface area is 110 Å². The third-order valence-electron chi connectivity index (χ3n) is 3.47. The zero-order valence-corrected chi connectivity index (χ0v) is 11.8. The van der Waals surface area contributed by atoms with Gasteiger partial charge in [-0.3, -0.25) is 0 Å². The summed E-state index contributed by atoms with van der Waals surface area (Å²) in [6.45, 7) is 8.36. The van der Waals surface area contributed by atoms with Crippen LogP contribution in [0.2, 0.25) is 0 Å². The van der Waals surface area contributed by atoms with Crippen LogP contribution in [-0.2, 0) is 9.47 Å². The van der Waals surface area contributed by atoms with E-state index in [0.29, 0.717) is 12.0 Å². The standard InChI is InChI=1S/C14H25NO3/c1-14(2,3)18-13(16)15-8-4-5-11(9-15)6-7-12-10-17-12/h11-12H,4-10H2,1-3H3/t11?,12-/m1/s1. The lowest BCUT2D eigenvalue weighted by atomic mass is 9.93. The fraction of sp³-hybridized carbons (Fsp3) is 0.929. The number of nitrogens with zero attached hydrogens (tertiary/aromatic N) is 1. The van der Waals surface area contributed by atoms with Gasteiger partial charge in [0.1, 0.15) is 5.60 Å². The second-order valence-electron chi connectivity index (χ2n) is 6.47. The quantitative estimate of drug-likeness (QED) is 0.728. The summed E-state index contributed by atoms with van der Waals surface area (Å²) in [5.41, 5.74) is -0.397. The van der Waals surface area contributed by atoms with E-state index in [9.17, 15) is 4.79 Å². The molecule has 0 aliphatic carbocycles. The Hall–Kier alpha value is -0.770. The number of hydrogen-bond acceptors (Lipinski definition) is 3. The maximum absolute atomic E-state index is 12.0. The number of amides is 1. The van der Waals surface area contributed by atoms with Gasteiger partial charge in [0.05, 0.1) is 12.7 Å². The third kappa shape index (κ3) is 4.48. The topological polar surface area (TPSA) is 42.1 Å². The molecule has 18 heavy (non-hydrogen) atoms. The smallest absolute Gasteiger partial charge is 0.410 e. The summed E-state index contributed by atoms with van der Waals surface area (Å²) >= 11 is 0. The van der Waals surface area contributed by atoms with Crippen molar-refractivity contribution in [1.82, 2.24) is 4.90 Å². The molecule has 0 saturated carbocycles. The molecule has 0 radical (unpaired) electrons. The number of likely N-dealkylation sites (tertiary alicyclic amines) is 1. The lowest BCUT2D eigenvalue weighted by molar-refractivity contribution is 0.0160. The molecule has 2 aliphatic heterocycles. The Morgan fingerprint density at radius 2 is 2.11 bits per heavy atom. The zero-order chi connectivity index (χ0) is 13.2. The fourth-order valence-corrected chi connectivity index (χ4v) is 2.45. The van der Waals surface area contributed by atoms with Crippen LogP contribution in [0.1, 0.15) is 46.5 Å². The number of hydrogen-bond donors (Lipinski definition) is 0. The van der Waals surface area contributed by atoms with Crippen molar-refractivity contribution >= 4 is 6.09 Å². The largest absolute Gasteiger partial charge is 0.444 e. The molecule has 0 spiro atoms. The van der Waals surface area contributed by atoms with E-state index in [2.05, 4.69) is 0 Å². The maximum atomic E-state index is 12.0. The Bertz CT molecular complexity index is 294. The van der Waals surface area contributed by atoms with Crippen molar-refractivity contribution in [3.05, 3.63) is 0 Å². The van der Waals surface area contributed by atoms with Gasteiger partial charge < -0.3 is 14.4 Å². The average molecular weight is 255 g/mol. The number of carbonyl (C=O) groups is 1. The van der Waals surface area contributed by atoms with E-state index in [1.807, 2.05) is 25.7 Å². The van der Waals surface area contributed by atoms with Crippen molar-refractivity contribution in [2.75, 3.05) is 19.7 Å². The van der Waals surface area contributed by atoms with Crippen molar-refractivity contribution in [2.24, 2.45) is 5.92 Å². The minimum absolute atomic E-state index is 0.158. The Morgan fingerprint density at radius 3 is 2.72 bits per heavy atom. The third-order valence-corrected chi connectivity index (χ3v) is 3.47. The normalized spacial score (nSPS) is 28.1. The molecule has 104 valence electrons. The van der Waals surface area contributed by atoms with E-state index in [0.717, 1.165) is 32.5 Å². The second kappa shape index (κ2) is 5.47. The second-order valence-corrected chi connectivity index (χ2v) is 6.47. The molecular formula is C14H25NO3. The minimum atomic E-state index is -0.397. The van der Waals surface area contributed by atoms with E-state index >= 15 is 0 Å². The van der Waals surface area contributed by atoms with Gasteiger partial charge >= 0.3 is 6.09 Å². The summed E-state index contributed by atoms with van der Waals surface area (Å²) in [4.78, 5) is 13.9. The Morgan fingerprint density at radius 1 is 1.39 bits per heavy atom. The van der Waals surface area contributed by atoms with Gasteiger partial charge in [-0.15, -0.1) is 0 Å². The van der Waals surface area contributed by atoms with Gasteiger partial charge in [-0.05, 0) is 52.4 Å². The van der Waals surface area contributed by atoms with Gasteiger partial charge in [-0.2, -0.15) is 0 Å². The fourth-order valence-electron chi connectivity index (χ4n) is 2.45. The molecule has 2 heterocycles. The first kappa shape index (κ1) is 13.7. The van der Waals surface area contributed by atoms with Crippen LogP contribution in [0.5, 0.6) is 0 Å². The number of piperidine rings is 1. The summed E-state index contributed by atoms with van der Waals surface area (Å²) in [7, 11) is 0. The molecule has 1 amide bonds. The first-order valence-electron chi connectivity index (χ1n) is 7.03. The van der Waals surface area contributed by atoms with Crippen LogP contribution in [0, 0.1) is 5.92 Å². The lowest BCUT2D eigenvalue weighted by Gasteiger charge is -2.34. The van der Waals surface area contributed by atoms with Gasteiger partial charge in [0.15, 0.2) is 0 Å². The van der Waals surface area contributed by atoms with Crippen molar-refractivity contribution in [3.8, 4) is 0 Å². The molecule has 2 saturated heterocycles. The average Bonchev–Trinajstić information content (AvgIpc) is 3.08. The molecule has 0 aromatic carbocycles. The number of rotatable bonds is 3. The molecule has 2 rings (SSSR count). The van der Waals surface area contributed by atoms with Crippen LogP contribution < -0.4 is 0 Å².